The van der Waals surface area contributed by atoms with Crippen molar-refractivity contribution in [2.75, 3.05) is 33.2 Å². The Morgan fingerprint density at radius 3 is 2.05 bits per heavy atom. The van der Waals surface area contributed by atoms with Crippen molar-refractivity contribution in [3.63, 3.8) is 0 Å². The van der Waals surface area contributed by atoms with Crippen LogP contribution in [0.15, 0.2) is 30.8 Å². The van der Waals surface area contributed by atoms with Crippen molar-refractivity contribution in [3.8, 4) is 0 Å². The number of piperazine rings is 1. The third kappa shape index (κ3) is 5.17. The van der Waals surface area contributed by atoms with Crippen LogP contribution in [0.5, 0.6) is 0 Å². The van der Waals surface area contributed by atoms with Crippen LogP contribution < -0.4 is 0 Å². The molecule has 0 radical (unpaired) electrons. The number of hydrogen-bond donors (Lipinski definition) is 0. The molecule has 106 valence electrons. The van der Waals surface area contributed by atoms with E-state index in [0.717, 1.165) is 12.1 Å². The average Bonchev–Trinajstić information content (AvgIpc) is 2.44. The molecule has 0 atom stereocenters. The van der Waals surface area contributed by atoms with Crippen molar-refractivity contribution in [1.29, 1.82) is 0 Å². The molecule has 0 unspecified atom stereocenters. The minimum atomic E-state index is 1.07. The first kappa shape index (κ1) is 15.9. The lowest BCUT2D eigenvalue weighted by Gasteiger charge is -2.32. The van der Waals surface area contributed by atoms with Gasteiger partial charge in [0.2, 0.25) is 0 Å². The van der Waals surface area contributed by atoms with Gasteiger partial charge in [-0.15, -0.1) is 0 Å². The zero-order valence-corrected chi connectivity index (χ0v) is 12.9. The highest BCUT2D eigenvalue weighted by Gasteiger charge is 2.13. The van der Waals surface area contributed by atoms with E-state index in [1.165, 1.54) is 37.3 Å². The molecule has 0 amide bonds. The van der Waals surface area contributed by atoms with E-state index in [9.17, 15) is 0 Å². The SMILES string of the molecule is C=C(C)c1ccc(CN2CCN(C)CC2)cc1.CC. The van der Waals surface area contributed by atoms with Crippen LogP contribution in [-0.2, 0) is 6.54 Å². The highest BCUT2D eigenvalue weighted by Crippen LogP contribution is 2.14. The maximum absolute atomic E-state index is 3.96. The lowest BCUT2D eigenvalue weighted by atomic mass is 10.1. The van der Waals surface area contributed by atoms with Gasteiger partial charge in [-0.25, -0.2) is 0 Å². The van der Waals surface area contributed by atoms with Gasteiger partial charge in [-0.1, -0.05) is 50.3 Å². The molecule has 0 aliphatic carbocycles. The summed E-state index contributed by atoms with van der Waals surface area (Å²) in [6.45, 7) is 15.8. The monoisotopic (exact) mass is 260 g/mol. The van der Waals surface area contributed by atoms with Crippen molar-refractivity contribution in [2.45, 2.75) is 27.3 Å². The van der Waals surface area contributed by atoms with E-state index in [2.05, 4.69) is 54.6 Å². The Hall–Kier alpha value is -1.12. The predicted octanol–water partition coefficient (Wildman–Crippen LogP) is 3.49. The van der Waals surface area contributed by atoms with Gasteiger partial charge in [-0.3, -0.25) is 4.90 Å². The number of allylic oxidation sites excluding steroid dienone is 1. The third-order valence-corrected chi connectivity index (χ3v) is 3.45. The molecule has 0 spiro atoms. The van der Waals surface area contributed by atoms with Crippen molar-refractivity contribution in [3.05, 3.63) is 42.0 Å². The van der Waals surface area contributed by atoms with Gasteiger partial charge in [0.15, 0.2) is 0 Å². The zero-order chi connectivity index (χ0) is 14.3. The van der Waals surface area contributed by atoms with Crippen molar-refractivity contribution in [2.24, 2.45) is 0 Å². The van der Waals surface area contributed by atoms with Gasteiger partial charge < -0.3 is 4.90 Å². The van der Waals surface area contributed by atoms with Crippen LogP contribution >= 0.6 is 0 Å². The van der Waals surface area contributed by atoms with Gasteiger partial charge in [0.05, 0.1) is 0 Å². The van der Waals surface area contributed by atoms with E-state index in [0.29, 0.717) is 0 Å². The van der Waals surface area contributed by atoms with E-state index >= 15 is 0 Å². The van der Waals surface area contributed by atoms with Crippen LogP contribution in [0.3, 0.4) is 0 Å². The molecule has 2 rings (SSSR count). The Bertz CT molecular complexity index is 373. The van der Waals surface area contributed by atoms with Crippen LogP contribution in [0.1, 0.15) is 31.9 Å². The summed E-state index contributed by atoms with van der Waals surface area (Å²) in [5, 5.41) is 0. The molecule has 1 fully saturated rings. The summed E-state index contributed by atoms with van der Waals surface area (Å²) in [6, 6.07) is 8.80. The van der Waals surface area contributed by atoms with Crippen molar-refractivity contribution >= 4 is 5.57 Å². The van der Waals surface area contributed by atoms with Gasteiger partial charge in [-0.05, 0) is 25.1 Å². The fourth-order valence-electron chi connectivity index (χ4n) is 2.16. The van der Waals surface area contributed by atoms with Crippen molar-refractivity contribution < 1.29 is 0 Å². The number of benzene rings is 1. The summed E-state index contributed by atoms with van der Waals surface area (Å²) < 4.78 is 0. The van der Waals surface area contributed by atoms with Crippen LogP contribution in [0.4, 0.5) is 0 Å². The zero-order valence-electron chi connectivity index (χ0n) is 12.9. The maximum atomic E-state index is 3.96. The van der Waals surface area contributed by atoms with E-state index in [-0.39, 0.29) is 0 Å². The normalized spacial score (nSPS) is 16.6. The Morgan fingerprint density at radius 2 is 1.58 bits per heavy atom. The lowest BCUT2D eigenvalue weighted by Crippen LogP contribution is -2.43. The van der Waals surface area contributed by atoms with E-state index in [1.807, 2.05) is 13.8 Å². The summed E-state index contributed by atoms with van der Waals surface area (Å²) in [4.78, 5) is 4.91. The van der Waals surface area contributed by atoms with E-state index in [1.54, 1.807) is 0 Å². The molecule has 1 aliphatic heterocycles. The fourth-order valence-corrected chi connectivity index (χ4v) is 2.16. The topological polar surface area (TPSA) is 6.48 Å². The Kier molecular flexibility index (Phi) is 6.82. The first-order valence-electron chi connectivity index (χ1n) is 7.31. The molecule has 1 aliphatic rings. The number of rotatable bonds is 3. The molecule has 1 heterocycles. The first-order chi connectivity index (χ1) is 9.15. The molecular formula is C17H28N2. The molecule has 1 aromatic carbocycles. The molecule has 0 saturated carbocycles. The van der Waals surface area contributed by atoms with E-state index in [4.69, 9.17) is 0 Å². The second-order valence-corrected chi connectivity index (χ2v) is 5.06. The summed E-state index contributed by atoms with van der Waals surface area (Å²) >= 11 is 0. The summed E-state index contributed by atoms with van der Waals surface area (Å²) in [7, 11) is 2.19. The summed E-state index contributed by atoms with van der Waals surface area (Å²) in [5.41, 5.74) is 3.78. The second-order valence-electron chi connectivity index (χ2n) is 5.06. The number of hydrogen-bond acceptors (Lipinski definition) is 2. The molecule has 1 saturated heterocycles. The standard InChI is InChI=1S/C15H22N2.C2H6/c1-13(2)15-6-4-14(5-7-15)12-17-10-8-16(3)9-11-17;1-2/h4-7H,1,8-12H2,2-3H3;1-2H3. The molecule has 2 nitrogen and oxygen atoms in total. The molecular weight excluding hydrogens is 232 g/mol. The minimum absolute atomic E-state index is 1.07. The van der Waals surface area contributed by atoms with Crippen LogP contribution in [0, 0.1) is 0 Å². The minimum Gasteiger partial charge on any atom is -0.304 e. The van der Waals surface area contributed by atoms with Gasteiger partial charge in [0.1, 0.15) is 0 Å². The Morgan fingerprint density at radius 1 is 1.05 bits per heavy atom. The molecule has 0 bridgehead atoms. The summed E-state index contributed by atoms with van der Waals surface area (Å²) in [5.74, 6) is 0. The first-order valence-corrected chi connectivity index (χ1v) is 7.31. The summed E-state index contributed by atoms with van der Waals surface area (Å²) in [6.07, 6.45) is 0. The van der Waals surface area contributed by atoms with Gasteiger partial charge in [0, 0.05) is 32.7 Å². The second kappa shape index (κ2) is 8.13. The molecule has 0 aromatic heterocycles. The fraction of sp³-hybridized carbons (Fsp3) is 0.529. The Balaban J connectivity index is 0.000000861. The largest absolute Gasteiger partial charge is 0.304 e. The van der Waals surface area contributed by atoms with Crippen molar-refractivity contribution in [1.82, 2.24) is 9.80 Å². The number of likely N-dealkylation sites (N-methyl/N-ethyl adjacent to an activating group) is 1. The van der Waals surface area contributed by atoms with Crippen LogP contribution in [-0.4, -0.2) is 43.0 Å². The third-order valence-electron chi connectivity index (χ3n) is 3.45. The molecule has 19 heavy (non-hydrogen) atoms. The average molecular weight is 260 g/mol. The van der Waals surface area contributed by atoms with Crippen LogP contribution in [0.25, 0.3) is 5.57 Å². The smallest absolute Gasteiger partial charge is 0.0234 e. The highest BCUT2D eigenvalue weighted by atomic mass is 15.2. The quantitative estimate of drug-likeness (QED) is 0.821. The molecule has 0 N–H and O–H groups in total. The lowest BCUT2D eigenvalue weighted by molar-refractivity contribution is 0.148. The molecule has 2 heteroatoms. The Labute approximate surface area is 118 Å². The van der Waals surface area contributed by atoms with E-state index < -0.39 is 0 Å². The van der Waals surface area contributed by atoms with Gasteiger partial charge in [0.25, 0.3) is 0 Å². The maximum Gasteiger partial charge on any atom is 0.0234 e. The highest BCUT2D eigenvalue weighted by molar-refractivity contribution is 5.61. The van der Waals surface area contributed by atoms with Crippen LogP contribution in [0.2, 0.25) is 0 Å². The van der Waals surface area contributed by atoms with Gasteiger partial charge in [-0.2, -0.15) is 0 Å². The number of nitrogens with zero attached hydrogens (tertiary/aromatic N) is 2. The predicted molar refractivity (Wildman–Crippen MR) is 85.3 cm³/mol. The molecule has 1 aromatic rings. The van der Waals surface area contributed by atoms with Gasteiger partial charge >= 0.3 is 0 Å².